The van der Waals surface area contributed by atoms with Crippen LogP contribution in [0.25, 0.3) is 0 Å². The summed E-state index contributed by atoms with van der Waals surface area (Å²) in [5, 5.41) is 7.38. The third kappa shape index (κ3) is 3.07. The molecule has 4 heteroatoms. The van der Waals surface area contributed by atoms with Crippen molar-refractivity contribution in [1.82, 2.24) is 9.78 Å². The highest BCUT2D eigenvalue weighted by atomic mass is 16.1. The predicted molar refractivity (Wildman–Crippen MR) is 81.1 cm³/mol. The van der Waals surface area contributed by atoms with Crippen LogP contribution in [0, 0.1) is 13.8 Å². The Balaban J connectivity index is 2.26. The number of hydrogen-bond acceptors (Lipinski definition) is 2. The molecular formula is C16H21N3O. The average molecular weight is 271 g/mol. The molecule has 2 aromatic rings. The number of aryl methyl sites for hydroxylation is 2. The van der Waals surface area contributed by atoms with E-state index in [1.54, 1.807) is 0 Å². The van der Waals surface area contributed by atoms with Crippen LogP contribution in [0.15, 0.2) is 30.3 Å². The molecule has 20 heavy (non-hydrogen) atoms. The molecule has 0 saturated heterocycles. The highest BCUT2D eigenvalue weighted by Gasteiger charge is 2.20. The molecule has 0 aliphatic rings. The van der Waals surface area contributed by atoms with Crippen LogP contribution in [0.3, 0.4) is 0 Å². The van der Waals surface area contributed by atoms with Crippen molar-refractivity contribution < 1.29 is 4.79 Å². The van der Waals surface area contributed by atoms with Gasteiger partial charge in [-0.15, -0.1) is 0 Å². The van der Waals surface area contributed by atoms with Gasteiger partial charge in [0.1, 0.15) is 5.82 Å². The second kappa shape index (κ2) is 5.12. The Morgan fingerprint density at radius 3 is 2.30 bits per heavy atom. The van der Waals surface area contributed by atoms with Crippen LogP contribution in [0.4, 0.5) is 5.82 Å². The maximum atomic E-state index is 12.3. The van der Waals surface area contributed by atoms with Crippen molar-refractivity contribution in [1.29, 1.82) is 0 Å². The molecule has 1 N–H and O–H groups in total. The second-order valence-corrected chi connectivity index (χ2v) is 6.07. The van der Waals surface area contributed by atoms with Crippen LogP contribution >= 0.6 is 0 Å². The minimum absolute atomic E-state index is 0.115. The average Bonchev–Trinajstić information content (AvgIpc) is 2.71. The Labute approximate surface area is 119 Å². The Hall–Kier alpha value is -2.10. The van der Waals surface area contributed by atoms with E-state index in [-0.39, 0.29) is 11.4 Å². The van der Waals surface area contributed by atoms with E-state index in [0.29, 0.717) is 5.56 Å². The van der Waals surface area contributed by atoms with Crippen molar-refractivity contribution in [2.45, 2.75) is 40.2 Å². The predicted octanol–water partition coefficient (Wildman–Crippen LogP) is 3.51. The summed E-state index contributed by atoms with van der Waals surface area (Å²) in [5.74, 6) is 0.607. The number of hydrogen-bond donors (Lipinski definition) is 1. The third-order valence-corrected chi connectivity index (χ3v) is 3.02. The lowest BCUT2D eigenvalue weighted by atomic mass is 10.1. The number of nitrogens with one attached hydrogen (secondary N) is 1. The molecular weight excluding hydrogens is 250 g/mol. The fraction of sp³-hybridized carbons (Fsp3) is 0.375. The molecule has 1 aromatic carbocycles. The normalized spacial score (nSPS) is 11.4. The van der Waals surface area contributed by atoms with Crippen molar-refractivity contribution in [2.75, 3.05) is 5.32 Å². The Morgan fingerprint density at radius 1 is 1.15 bits per heavy atom. The van der Waals surface area contributed by atoms with Gasteiger partial charge < -0.3 is 5.32 Å². The van der Waals surface area contributed by atoms with Crippen molar-refractivity contribution in [3.63, 3.8) is 0 Å². The summed E-state index contributed by atoms with van der Waals surface area (Å²) in [5.41, 5.74) is 2.50. The molecule has 1 aromatic heterocycles. The lowest BCUT2D eigenvalue weighted by molar-refractivity contribution is 0.102. The van der Waals surface area contributed by atoms with Gasteiger partial charge in [-0.3, -0.25) is 4.79 Å². The number of amides is 1. The summed E-state index contributed by atoms with van der Waals surface area (Å²) in [6.07, 6.45) is 0. The van der Waals surface area contributed by atoms with Gasteiger partial charge in [0.15, 0.2) is 0 Å². The highest BCUT2D eigenvalue weighted by molar-refractivity contribution is 6.03. The van der Waals surface area contributed by atoms with E-state index in [4.69, 9.17) is 0 Å². The van der Waals surface area contributed by atoms with E-state index in [9.17, 15) is 4.79 Å². The van der Waals surface area contributed by atoms with Crippen molar-refractivity contribution in [3.05, 3.63) is 47.2 Å². The minimum atomic E-state index is -0.176. The fourth-order valence-electron chi connectivity index (χ4n) is 1.99. The molecule has 0 spiro atoms. The molecule has 1 amide bonds. The number of anilines is 1. The largest absolute Gasteiger partial charge is 0.307 e. The summed E-state index contributed by atoms with van der Waals surface area (Å²) in [6, 6.07) is 9.41. The van der Waals surface area contributed by atoms with E-state index in [1.807, 2.05) is 48.9 Å². The lowest BCUT2D eigenvalue weighted by Gasteiger charge is -2.22. The number of carbonyl (C=O) groups excluding carboxylic acids is 1. The van der Waals surface area contributed by atoms with Gasteiger partial charge in [0.05, 0.1) is 11.2 Å². The molecule has 1 heterocycles. The third-order valence-electron chi connectivity index (χ3n) is 3.02. The van der Waals surface area contributed by atoms with Crippen LogP contribution in [-0.4, -0.2) is 15.7 Å². The molecule has 0 aliphatic heterocycles. The number of carbonyl (C=O) groups is 1. The number of benzene rings is 1. The Morgan fingerprint density at radius 2 is 1.75 bits per heavy atom. The van der Waals surface area contributed by atoms with Crippen LogP contribution in [0.1, 0.15) is 42.4 Å². The molecule has 0 radical (unpaired) electrons. The zero-order valence-electron chi connectivity index (χ0n) is 12.7. The van der Waals surface area contributed by atoms with E-state index in [0.717, 1.165) is 17.1 Å². The van der Waals surface area contributed by atoms with Gasteiger partial charge in [-0.2, -0.15) is 5.10 Å². The molecule has 0 atom stereocenters. The van der Waals surface area contributed by atoms with Crippen molar-refractivity contribution >= 4 is 11.7 Å². The smallest absolute Gasteiger partial charge is 0.256 e. The van der Waals surface area contributed by atoms with Gasteiger partial charge in [-0.05, 0) is 46.8 Å². The summed E-state index contributed by atoms with van der Waals surface area (Å²) in [7, 11) is 0. The van der Waals surface area contributed by atoms with Gasteiger partial charge in [0.25, 0.3) is 5.91 Å². The van der Waals surface area contributed by atoms with E-state index >= 15 is 0 Å². The summed E-state index contributed by atoms with van der Waals surface area (Å²) in [4.78, 5) is 12.3. The monoisotopic (exact) mass is 271 g/mol. The summed E-state index contributed by atoms with van der Waals surface area (Å²) >= 11 is 0. The minimum Gasteiger partial charge on any atom is -0.307 e. The van der Waals surface area contributed by atoms with Crippen molar-refractivity contribution in [2.24, 2.45) is 0 Å². The first-order valence-electron chi connectivity index (χ1n) is 6.72. The van der Waals surface area contributed by atoms with Gasteiger partial charge in [0, 0.05) is 11.6 Å². The van der Waals surface area contributed by atoms with E-state index < -0.39 is 0 Å². The molecule has 0 fully saturated rings. The second-order valence-electron chi connectivity index (χ2n) is 6.07. The highest BCUT2D eigenvalue weighted by Crippen LogP contribution is 2.21. The summed E-state index contributed by atoms with van der Waals surface area (Å²) in [6.45, 7) is 10.1. The fourth-order valence-corrected chi connectivity index (χ4v) is 1.99. The first kappa shape index (κ1) is 14.3. The van der Waals surface area contributed by atoms with E-state index in [2.05, 4.69) is 31.2 Å². The SMILES string of the molecule is Cc1ccc(C(=O)Nc2cc(C)nn2C(C)(C)C)cc1. The first-order valence-corrected chi connectivity index (χ1v) is 6.72. The number of rotatable bonds is 2. The first-order chi connectivity index (χ1) is 9.27. The summed E-state index contributed by atoms with van der Waals surface area (Å²) < 4.78 is 1.84. The van der Waals surface area contributed by atoms with Crippen LogP contribution in [0.5, 0.6) is 0 Å². The van der Waals surface area contributed by atoms with Gasteiger partial charge in [-0.25, -0.2) is 4.68 Å². The van der Waals surface area contributed by atoms with Crippen LogP contribution < -0.4 is 5.32 Å². The quantitative estimate of drug-likeness (QED) is 0.908. The maximum absolute atomic E-state index is 12.3. The zero-order chi connectivity index (χ0) is 14.9. The molecule has 106 valence electrons. The van der Waals surface area contributed by atoms with Crippen molar-refractivity contribution in [3.8, 4) is 0 Å². The Kier molecular flexibility index (Phi) is 3.66. The zero-order valence-corrected chi connectivity index (χ0v) is 12.7. The number of nitrogens with zero attached hydrogens (tertiary/aromatic N) is 2. The molecule has 4 nitrogen and oxygen atoms in total. The van der Waals surface area contributed by atoms with Gasteiger partial charge >= 0.3 is 0 Å². The maximum Gasteiger partial charge on any atom is 0.256 e. The molecule has 0 unspecified atom stereocenters. The van der Waals surface area contributed by atoms with Crippen LogP contribution in [0.2, 0.25) is 0 Å². The Bertz CT molecular complexity index is 618. The number of aromatic nitrogens is 2. The topological polar surface area (TPSA) is 46.9 Å². The van der Waals surface area contributed by atoms with Crippen LogP contribution in [-0.2, 0) is 5.54 Å². The molecule has 0 saturated carbocycles. The van der Waals surface area contributed by atoms with E-state index in [1.165, 1.54) is 0 Å². The molecule has 2 rings (SSSR count). The standard InChI is InChI=1S/C16H21N3O/c1-11-6-8-13(9-7-11)15(20)17-14-10-12(2)18-19(14)16(3,4)5/h6-10H,1-5H3,(H,17,20). The molecule has 0 bridgehead atoms. The molecule has 0 aliphatic carbocycles. The van der Waals surface area contributed by atoms with Gasteiger partial charge in [-0.1, -0.05) is 17.7 Å². The lowest BCUT2D eigenvalue weighted by Crippen LogP contribution is -2.26. The van der Waals surface area contributed by atoms with Gasteiger partial charge in [0.2, 0.25) is 0 Å².